The molecule has 4 heteroatoms. The third kappa shape index (κ3) is 6.47. The van der Waals surface area contributed by atoms with Gasteiger partial charge in [0.2, 0.25) is 0 Å². The minimum atomic E-state index is -0.0209. The van der Waals surface area contributed by atoms with Crippen LogP contribution in [0.1, 0.15) is 44.5 Å². The quantitative estimate of drug-likeness (QED) is 0.786. The van der Waals surface area contributed by atoms with Crippen LogP contribution in [0.25, 0.3) is 0 Å². The van der Waals surface area contributed by atoms with E-state index in [9.17, 15) is 0 Å². The number of hydrogen-bond acceptors (Lipinski definition) is 4. The second-order valence-electron chi connectivity index (χ2n) is 6.97. The van der Waals surface area contributed by atoms with E-state index in [1.165, 1.54) is 11.1 Å². The molecule has 23 heavy (non-hydrogen) atoms. The average Bonchev–Trinajstić information content (AvgIpc) is 2.52. The van der Waals surface area contributed by atoms with Crippen molar-refractivity contribution in [3.05, 3.63) is 59.7 Å². The second kappa shape index (κ2) is 8.18. The molecule has 2 N–H and O–H groups in total. The largest absolute Gasteiger partial charge is 0.310 e. The Labute approximate surface area is 139 Å². The Bertz CT molecular complexity index is 593. The van der Waals surface area contributed by atoms with Gasteiger partial charge in [0.05, 0.1) is 0 Å². The first kappa shape index (κ1) is 17.6. The summed E-state index contributed by atoms with van der Waals surface area (Å²) in [5.41, 5.74) is 3.58. The Kier molecular flexibility index (Phi) is 6.25. The van der Waals surface area contributed by atoms with Crippen LogP contribution in [0.15, 0.2) is 42.9 Å². The summed E-state index contributed by atoms with van der Waals surface area (Å²) in [5.74, 6) is 0. The molecule has 0 aliphatic carbocycles. The van der Waals surface area contributed by atoms with Crippen molar-refractivity contribution in [1.29, 1.82) is 0 Å². The van der Waals surface area contributed by atoms with Crippen LogP contribution >= 0.6 is 0 Å². The first-order valence-corrected chi connectivity index (χ1v) is 8.26. The van der Waals surface area contributed by atoms with Crippen molar-refractivity contribution in [2.45, 2.75) is 58.8 Å². The third-order valence-electron chi connectivity index (χ3n) is 3.71. The Balaban J connectivity index is 1.92. The molecule has 0 spiro atoms. The molecule has 0 aromatic carbocycles. The monoisotopic (exact) mass is 312 g/mol. The Morgan fingerprint density at radius 2 is 1.91 bits per heavy atom. The van der Waals surface area contributed by atoms with Crippen molar-refractivity contribution in [1.82, 2.24) is 20.6 Å². The number of nitrogens with zero attached hydrogens (tertiary/aromatic N) is 2. The molecule has 0 amide bonds. The average molecular weight is 312 g/mol. The van der Waals surface area contributed by atoms with Gasteiger partial charge in [0.25, 0.3) is 0 Å². The Hall–Kier alpha value is -1.78. The number of nitrogens with one attached hydrogen (secondary N) is 2. The Morgan fingerprint density at radius 1 is 1.09 bits per heavy atom. The minimum Gasteiger partial charge on any atom is -0.310 e. The fraction of sp³-hybridized carbons (Fsp3) is 0.474. The molecular weight excluding hydrogens is 284 g/mol. The first-order valence-electron chi connectivity index (χ1n) is 8.26. The summed E-state index contributed by atoms with van der Waals surface area (Å²) in [5, 5.41) is 7.05. The fourth-order valence-electron chi connectivity index (χ4n) is 2.42. The van der Waals surface area contributed by atoms with Gasteiger partial charge in [-0.15, -0.1) is 0 Å². The van der Waals surface area contributed by atoms with Gasteiger partial charge >= 0.3 is 0 Å². The van der Waals surface area contributed by atoms with Crippen molar-refractivity contribution < 1.29 is 0 Å². The summed E-state index contributed by atoms with van der Waals surface area (Å²) in [7, 11) is 0. The van der Waals surface area contributed by atoms with Crippen molar-refractivity contribution >= 4 is 0 Å². The van der Waals surface area contributed by atoms with Crippen molar-refractivity contribution in [2.75, 3.05) is 0 Å². The van der Waals surface area contributed by atoms with Crippen LogP contribution in [-0.4, -0.2) is 21.5 Å². The van der Waals surface area contributed by atoms with Gasteiger partial charge in [0, 0.05) is 55.4 Å². The van der Waals surface area contributed by atoms with Crippen LogP contribution in [0.5, 0.6) is 0 Å². The maximum atomic E-state index is 4.53. The summed E-state index contributed by atoms with van der Waals surface area (Å²) in [6.45, 7) is 10.4. The zero-order valence-corrected chi connectivity index (χ0v) is 14.6. The molecular formula is C19H28N4. The molecule has 2 rings (SSSR count). The van der Waals surface area contributed by atoms with Gasteiger partial charge in [0.1, 0.15) is 0 Å². The maximum absolute atomic E-state index is 4.53. The first-order chi connectivity index (χ1) is 10.9. The highest BCUT2D eigenvalue weighted by molar-refractivity contribution is 5.18. The predicted octanol–water partition coefficient (Wildman–Crippen LogP) is 3.09. The van der Waals surface area contributed by atoms with Gasteiger partial charge in [-0.25, -0.2) is 0 Å². The molecule has 2 aromatic rings. The van der Waals surface area contributed by atoms with E-state index in [0.717, 1.165) is 25.2 Å². The van der Waals surface area contributed by atoms with Crippen LogP contribution in [0.3, 0.4) is 0 Å². The van der Waals surface area contributed by atoms with Gasteiger partial charge in [-0.3, -0.25) is 9.97 Å². The van der Waals surface area contributed by atoms with E-state index >= 15 is 0 Å². The van der Waals surface area contributed by atoms with Crippen LogP contribution in [-0.2, 0) is 19.5 Å². The topological polar surface area (TPSA) is 49.8 Å². The standard InChI is InChI=1S/C19H28N4/c1-15(2)22-13-16-7-9-21-18(10-16)11-19(3,4)23-14-17-6-5-8-20-12-17/h5-10,12,15,22-23H,11,13-14H2,1-4H3. The van der Waals surface area contributed by atoms with E-state index in [1.54, 1.807) is 6.20 Å². The van der Waals surface area contributed by atoms with E-state index in [-0.39, 0.29) is 5.54 Å². The molecule has 0 saturated heterocycles. The van der Waals surface area contributed by atoms with Crippen LogP contribution in [0, 0.1) is 0 Å². The van der Waals surface area contributed by atoms with Crippen LogP contribution < -0.4 is 10.6 Å². The summed E-state index contributed by atoms with van der Waals surface area (Å²) in [4.78, 5) is 8.68. The molecule has 2 aromatic heterocycles. The smallest absolute Gasteiger partial charge is 0.0424 e. The lowest BCUT2D eigenvalue weighted by Gasteiger charge is -2.26. The van der Waals surface area contributed by atoms with Gasteiger partial charge in [0.15, 0.2) is 0 Å². The van der Waals surface area contributed by atoms with E-state index in [4.69, 9.17) is 0 Å². The molecule has 0 bridgehead atoms. The molecule has 2 heterocycles. The lowest BCUT2D eigenvalue weighted by molar-refractivity contribution is 0.380. The summed E-state index contributed by atoms with van der Waals surface area (Å²) in [6.07, 6.45) is 6.50. The molecule has 0 unspecified atom stereocenters. The molecule has 0 radical (unpaired) electrons. The summed E-state index contributed by atoms with van der Waals surface area (Å²) in [6, 6.07) is 8.82. The molecule has 0 saturated carbocycles. The van der Waals surface area contributed by atoms with E-state index < -0.39 is 0 Å². The molecule has 0 fully saturated rings. The van der Waals surface area contributed by atoms with Gasteiger partial charge < -0.3 is 10.6 Å². The fourth-order valence-corrected chi connectivity index (χ4v) is 2.42. The normalized spacial score (nSPS) is 11.9. The third-order valence-corrected chi connectivity index (χ3v) is 3.71. The molecule has 0 aliphatic rings. The molecule has 0 atom stereocenters. The maximum Gasteiger partial charge on any atom is 0.0424 e. The van der Waals surface area contributed by atoms with Gasteiger partial charge in [-0.1, -0.05) is 19.9 Å². The minimum absolute atomic E-state index is 0.0209. The predicted molar refractivity (Wildman–Crippen MR) is 95.1 cm³/mol. The SMILES string of the molecule is CC(C)NCc1ccnc(CC(C)(C)NCc2cccnc2)c1. The van der Waals surface area contributed by atoms with Gasteiger partial charge in [-0.2, -0.15) is 0 Å². The lowest BCUT2D eigenvalue weighted by atomic mass is 9.97. The van der Waals surface area contributed by atoms with Crippen molar-refractivity contribution in [3.63, 3.8) is 0 Å². The van der Waals surface area contributed by atoms with Crippen LogP contribution in [0.4, 0.5) is 0 Å². The molecule has 0 aliphatic heterocycles. The lowest BCUT2D eigenvalue weighted by Crippen LogP contribution is -2.41. The number of aromatic nitrogens is 2. The summed E-state index contributed by atoms with van der Waals surface area (Å²) >= 11 is 0. The Morgan fingerprint density at radius 3 is 2.61 bits per heavy atom. The zero-order chi connectivity index (χ0) is 16.7. The highest BCUT2D eigenvalue weighted by Crippen LogP contribution is 2.13. The van der Waals surface area contributed by atoms with E-state index in [2.05, 4.69) is 66.5 Å². The number of pyridine rings is 2. The van der Waals surface area contributed by atoms with Gasteiger partial charge in [-0.05, 0) is 43.2 Å². The number of hydrogen-bond donors (Lipinski definition) is 2. The van der Waals surface area contributed by atoms with Crippen molar-refractivity contribution in [3.8, 4) is 0 Å². The highest BCUT2D eigenvalue weighted by Gasteiger charge is 2.18. The number of rotatable bonds is 8. The van der Waals surface area contributed by atoms with E-state index in [0.29, 0.717) is 6.04 Å². The van der Waals surface area contributed by atoms with Crippen LogP contribution in [0.2, 0.25) is 0 Å². The summed E-state index contributed by atoms with van der Waals surface area (Å²) < 4.78 is 0. The molecule has 124 valence electrons. The highest BCUT2D eigenvalue weighted by atomic mass is 15.0. The second-order valence-corrected chi connectivity index (χ2v) is 6.97. The van der Waals surface area contributed by atoms with Crippen molar-refractivity contribution in [2.24, 2.45) is 0 Å². The molecule has 4 nitrogen and oxygen atoms in total. The van der Waals surface area contributed by atoms with E-state index in [1.807, 2.05) is 18.5 Å². The zero-order valence-electron chi connectivity index (χ0n) is 14.6.